The van der Waals surface area contributed by atoms with Gasteiger partial charge in [-0.15, -0.1) is 0 Å². The van der Waals surface area contributed by atoms with E-state index in [0.717, 1.165) is 29.7 Å². The third-order valence-electron chi connectivity index (χ3n) is 4.00. The molecule has 0 radical (unpaired) electrons. The summed E-state index contributed by atoms with van der Waals surface area (Å²) < 4.78 is 25.0. The predicted octanol–water partition coefficient (Wildman–Crippen LogP) is 2.39. The highest BCUT2D eigenvalue weighted by molar-refractivity contribution is 7.90. The van der Waals surface area contributed by atoms with E-state index in [2.05, 4.69) is 14.9 Å². The summed E-state index contributed by atoms with van der Waals surface area (Å²) in [5, 5.41) is 2.84. The van der Waals surface area contributed by atoms with Gasteiger partial charge >= 0.3 is 0 Å². The van der Waals surface area contributed by atoms with E-state index in [0.29, 0.717) is 12.1 Å². The number of nitrogens with zero attached hydrogens (tertiary/aromatic N) is 2. The van der Waals surface area contributed by atoms with Gasteiger partial charge in [-0.25, -0.2) is 13.4 Å². The molecule has 6 nitrogen and oxygen atoms in total. The van der Waals surface area contributed by atoms with Crippen molar-refractivity contribution < 1.29 is 13.2 Å². The number of sulfone groups is 1. The number of aromatic nitrogens is 2. The van der Waals surface area contributed by atoms with Crippen molar-refractivity contribution >= 4 is 26.8 Å². The maximum Gasteiger partial charge on any atom is 0.251 e. The van der Waals surface area contributed by atoms with Crippen molar-refractivity contribution in [2.75, 3.05) is 6.26 Å². The van der Waals surface area contributed by atoms with E-state index < -0.39 is 9.84 Å². The van der Waals surface area contributed by atoms with Crippen LogP contribution in [0.3, 0.4) is 0 Å². The zero-order valence-corrected chi connectivity index (χ0v) is 14.9. The number of hydrogen-bond acceptors (Lipinski definition) is 4. The van der Waals surface area contributed by atoms with Gasteiger partial charge in [0.1, 0.15) is 5.82 Å². The van der Waals surface area contributed by atoms with E-state index in [1.54, 1.807) is 0 Å². The molecule has 1 N–H and O–H groups in total. The molecule has 2 aromatic carbocycles. The highest BCUT2D eigenvalue weighted by Gasteiger charge is 2.12. The second-order valence-corrected chi connectivity index (χ2v) is 7.76. The van der Waals surface area contributed by atoms with Crippen LogP contribution in [-0.2, 0) is 22.9 Å². The van der Waals surface area contributed by atoms with Gasteiger partial charge in [-0.3, -0.25) is 4.79 Å². The summed E-state index contributed by atoms with van der Waals surface area (Å²) in [5.74, 6) is 0.513. The Hall–Kier alpha value is -2.67. The molecule has 3 aromatic rings. The lowest BCUT2D eigenvalue weighted by Crippen LogP contribution is -2.24. The number of carbonyl (C=O) groups excluding carboxylic acids is 1. The highest BCUT2D eigenvalue weighted by Crippen LogP contribution is 2.16. The summed E-state index contributed by atoms with van der Waals surface area (Å²) in [6.07, 6.45) is 1.14. The minimum absolute atomic E-state index is 0.192. The molecule has 1 amide bonds. The first kappa shape index (κ1) is 17.2. The fourth-order valence-corrected chi connectivity index (χ4v) is 3.36. The Kier molecular flexibility index (Phi) is 4.59. The molecule has 1 aromatic heterocycles. The lowest BCUT2D eigenvalue weighted by atomic mass is 10.2. The summed E-state index contributed by atoms with van der Waals surface area (Å²) in [5.41, 5.74) is 2.34. The standard InChI is InChI=1S/C18H19N3O3S/c1-3-21-16-7-5-4-6-15(16)20-17(21)12-19-18(22)13-8-10-14(11-9-13)25(2,23)24/h4-11H,3,12H2,1-2H3,(H,19,22). The number of para-hydroxylation sites is 2. The fraction of sp³-hybridized carbons (Fsp3) is 0.222. The largest absolute Gasteiger partial charge is 0.345 e. The lowest BCUT2D eigenvalue weighted by molar-refractivity contribution is 0.0949. The Labute approximate surface area is 146 Å². The zero-order valence-electron chi connectivity index (χ0n) is 14.1. The van der Waals surface area contributed by atoms with Crippen LogP contribution in [0, 0.1) is 0 Å². The molecular weight excluding hydrogens is 338 g/mol. The van der Waals surface area contributed by atoms with Gasteiger partial charge in [-0.2, -0.15) is 0 Å². The molecule has 0 saturated heterocycles. The number of benzene rings is 2. The van der Waals surface area contributed by atoms with Crippen LogP contribution < -0.4 is 5.32 Å². The number of aryl methyl sites for hydroxylation is 1. The number of fused-ring (bicyclic) bond motifs is 1. The van der Waals surface area contributed by atoms with Crippen LogP contribution in [0.4, 0.5) is 0 Å². The molecule has 25 heavy (non-hydrogen) atoms. The minimum Gasteiger partial charge on any atom is -0.345 e. The predicted molar refractivity (Wildman–Crippen MR) is 96.1 cm³/mol. The lowest BCUT2D eigenvalue weighted by Gasteiger charge is -2.08. The highest BCUT2D eigenvalue weighted by atomic mass is 32.2. The molecule has 0 atom stereocenters. The molecule has 0 aliphatic rings. The molecule has 0 aliphatic carbocycles. The van der Waals surface area contributed by atoms with Crippen LogP contribution in [0.5, 0.6) is 0 Å². The molecule has 0 bridgehead atoms. The normalized spacial score (nSPS) is 11.6. The Morgan fingerprint density at radius 3 is 2.44 bits per heavy atom. The molecule has 0 saturated carbocycles. The Morgan fingerprint density at radius 2 is 1.80 bits per heavy atom. The summed E-state index contributed by atoms with van der Waals surface area (Å²) in [6, 6.07) is 13.7. The Balaban J connectivity index is 1.76. The van der Waals surface area contributed by atoms with Crippen molar-refractivity contribution in [3.05, 3.63) is 59.9 Å². The summed E-state index contributed by atoms with van der Waals surface area (Å²) >= 11 is 0. The molecular formula is C18H19N3O3S. The second-order valence-electron chi connectivity index (χ2n) is 5.74. The second kappa shape index (κ2) is 6.68. The average Bonchev–Trinajstić information content (AvgIpc) is 2.96. The van der Waals surface area contributed by atoms with E-state index in [9.17, 15) is 13.2 Å². The SMILES string of the molecule is CCn1c(CNC(=O)c2ccc(S(C)(=O)=O)cc2)nc2ccccc21. The first-order valence-electron chi connectivity index (χ1n) is 7.92. The van der Waals surface area contributed by atoms with Gasteiger partial charge in [0.2, 0.25) is 0 Å². The van der Waals surface area contributed by atoms with Gasteiger partial charge < -0.3 is 9.88 Å². The molecule has 0 aliphatic heterocycles. The maximum atomic E-state index is 12.3. The fourth-order valence-electron chi connectivity index (χ4n) is 2.73. The zero-order chi connectivity index (χ0) is 18.0. The minimum atomic E-state index is -3.27. The third kappa shape index (κ3) is 3.56. The van der Waals surface area contributed by atoms with Crippen LogP contribution >= 0.6 is 0 Å². The van der Waals surface area contributed by atoms with E-state index in [4.69, 9.17) is 0 Å². The quantitative estimate of drug-likeness (QED) is 0.760. The Bertz CT molecular complexity index is 1020. The number of hydrogen-bond donors (Lipinski definition) is 1. The van der Waals surface area contributed by atoms with Crippen LogP contribution in [0.15, 0.2) is 53.4 Å². The van der Waals surface area contributed by atoms with Gasteiger partial charge in [-0.1, -0.05) is 12.1 Å². The summed E-state index contributed by atoms with van der Waals surface area (Å²) in [6.45, 7) is 3.09. The van der Waals surface area contributed by atoms with Crippen molar-refractivity contribution in [1.29, 1.82) is 0 Å². The molecule has 3 rings (SSSR count). The molecule has 1 heterocycles. The summed E-state index contributed by atoms with van der Waals surface area (Å²) in [4.78, 5) is 17.1. The third-order valence-corrected chi connectivity index (χ3v) is 5.13. The molecule has 0 fully saturated rings. The van der Waals surface area contributed by atoms with Crippen LogP contribution in [0.2, 0.25) is 0 Å². The topological polar surface area (TPSA) is 81.1 Å². The first-order valence-corrected chi connectivity index (χ1v) is 9.81. The van der Waals surface area contributed by atoms with Crippen LogP contribution in [0.1, 0.15) is 23.1 Å². The van der Waals surface area contributed by atoms with E-state index >= 15 is 0 Å². The van der Waals surface area contributed by atoms with Crippen molar-refractivity contribution in [2.24, 2.45) is 0 Å². The molecule has 130 valence electrons. The van der Waals surface area contributed by atoms with E-state index in [1.807, 2.05) is 31.2 Å². The maximum absolute atomic E-state index is 12.3. The first-order chi connectivity index (χ1) is 11.9. The van der Waals surface area contributed by atoms with Crippen molar-refractivity contribution in [3.63, 3.8) is 0 Å². The number of imidazole rings is 1. The molecule has 0 unspecified atom stereocenters. The number of carbonyl (C=O) groups is 1. The molecule has 7 heteroatoms. The average molecular weight is 357 g/mol. The number of amides is 1. The van der Waals surface area contributed by atoms with Crippen molar-refractivity contribution in [1.82, 2.24) is 14.9 Å². The van der Waals surface area contributed by atoms with Gasteiger partial charge in [0.15, 0.2) is 9.84 Å². The van der Waals surface area contributed by atoms with Crippen molar-refractivity contribution in [3.8, 4) is 0 Å². The monoisotopic (exact) mass is 357 g/mol. The van der Waals surface area contributed by atoms with E-state index in [-0.39, 0.29) is 10.8 Å². The number of nitrogens with one attached hydrogen (secondary N) is 1. The van der Waals surface area contributed by atoms with Gasteiger partial charge in [0.25, 0.3) is 5.91 Å². The van der Waals surface area contributed by atoms with Crippen LogP contribution in [0.25, 0.3) is 11.0 Å². The van der Waals surface area contributed by atoms with Gasteiger partial charge in [0, 0.05) is 18.4 Å². The smallest absolute Gasteiger partial charge is 0.251 e. The molecule has 0 spiro atoms. The van der Waals surface area contributed by atoms with Crippen LogP contribution in [-0.4, -0.2) is 30.1 Å². The summed E-state index contributed by atoms with van der Waals surface area (Å²) in [7, 11) is -3.27. The number of rotatable bonds is 5. The van der Waals surface area contributed by atoms with Crippen molar-refractivity contribution in [2.45, 2.75) is 24.9 Å². The van der Waals surface area contributed by atoms with Gasteiger partial charge in [0.05, 0.1) is 22.5 Å². The Morgan fingerprint density at radius 1 is 1.12 bits per heavy atom. The van der Waals surface area contributed by atoms with E-state index in [1.165, 1.54) is 24.3 Å². The van der Waals surface area contributed by atoms with Gasteiger partial charge in [-0.05, 0) is 43.3 Å².